The molecule has 1 N–H and O–H groups in total. The van der Waals surface area contributed by atoms with Crippen molar-refractivity contribution < 1.29 is 18.3 Å². The van der Waals surface area contributed by atoms with E-state index in [0.29, 0.717) is 5.75 Å². The molecule has 5 nitrogen and oxygen atoms in total. The molecule has 0 unspecified atom stereocenters. The lowest BCUT2D eigenvalue weighted by molar-refractivity contribution is 0.414. The molecule has 0 saturated carbocycles. The quantitative estimate of drug-likeness (QED) is 0.882. The molecule has 6 heteroatoms. The third-order valence-corrected chi connectivity index (χ3v) is 5.06. The van der Waals surface area contributed by atoms with Crippen LogP contribution in [0.2, 0.25) is 0 Å². The average molecular weight is 334 g/mol. The van der Waals surface area contributed by atoms with E-state index in [-0.39, 0.29) is 28.8 Å². The molecule has 0 aliphatic heterocycles. The minimum Gasteiger partial charge on any atom is -0.506 e. The number of ether oxygens (including phenoxy) is 1. The maximum Gasteiger partial charge on any atom is 0.264 e. The Hall–Kier alpha value is -2.21. The smallest absolute Gasteiger partial charge is 0.264 e. The van der Waals surface area contributed by atoms with Gasteiger partial charge in [-0.15, -0.1) is 0 Å². The zero-order valence-electron chi connectivity index (χ0n) is 13.4. The number of phenolic OH excluding ortho intramolecular Hbond substituents is 1. The van der Waals surface area contributed by atoms with Crippen molar-refractivity contribution in [2.45, 2.75) is 18.7 Å². The molecule has 0 fully saturated rings. The Morgan fingerprint density at radius 1 is 1.22 bits per heavy atom. The van der Waals surface area contributed by atoms with Crippen molar-refractivity contribution in [2.24, 2.45) is 5.92 Å². The van der Waals surface area contributed by atoms with Crippen molar-refractivity contribution in [1.82, 2.24) is 0 Å². The van der Waals surface area contributed by atoms with E-state index in [1.807, 2.05) is 13.8 Å². The summed E-state index contributed by atoms with van der Waals surface area (Å²) in [5.41, 5.74) is 0.219. The maximum atomic E-state index is 13.0. The van der Waals surface area contributed by atoms with Crippen LogP contribution in [-0.4, -0.2) is 27.2 Å². The van der Waals surface area contributed by atoms with Gasteiger partial charge in [0.05, 0.1) is 17.7 Å². The molecule has 2 aromatic carbocycles. The van der Waals surface area contributed by atoms with E-state index in [9.17, 15) is 13.5 Å². The Balaban J connectivity index is 2.50. The summed E-state index contributed by atoms with van der Waals surface area (Å²) in [5.74, 6) is 0.569. The molecule has 23 heavy (non-hydrogen) atoms. The van der Waals surface area contributed by atoms with Crippen LogP contribution in [0.5, 0.6) is 11.5 Å². The summed E-state index contributed by atoms with van der Waals surface area (Å²) in [6.07, 6.45) is 0. The van der Waals surface area contributed by atoms with Crippen LogP contribution >= 0.6 is 0 Å². The molecule has 0 aliphatic carbocycles. The van der Waals surface area contributed by atoms with Gasteiger partial charge >= 0.3 is 0 Å². The Bertz CT molecular complexity index is 754. The van der Waals surface area contributed by atoms with Crippen LogP contribution in [0.15, 0.2) is 47.4 Å². The Morgan fingerprint density at radius 2 is 1.87 bits per heavy atom. The van der Waals surface area contributed by atoms with Gasteiger partial charge in [0.25, 0.3) is 10.0 Å². The molecule has 123 valence electrons. The van der Waals surface area contributed by atoms with Crippen molar-refractivity contribution in [3.8, 4) is 11.5 Å². The average Bonchev–Trinajstić information content (AvgIpc) is 2.53. The van der Waals surface area contributed by atoms with Crippen molar-refractivity contribution >= 4 is 15.7 Å². The molecule has 0 aliphatic rings. The number of anilines is 1. The second-order valence-corrected chi connectivity index (χ2v) is 7.38. The van der Waals surface area contributed by atoms with E-state index >= 15 is 0 Å². The van der Waals surface area contributed by atoms with E-state index in [0.717, 1.165) is 0 Å². The largest absolute Gasteiger partial charge is 0.506 e. The van der Waals surface area contributed by atoms with E-state index in [1.54, 1.807) is 12.1 Å². The number of nitrogens with zero attached hydrogens (tertiary/aromatic N) is 1. The van der Waals surface area contributed by atoms with Crippen LogP contribution in [0, 0.1) is 12.0 Å². The lowest BCUT2D eigenvalue weighted by atomic mass is 10.2. The molecule has 0 heterocycles. The molecule has 0 aromatic heterocycles. The minimum absolute atomic E-state index is 0.0858. The van der Waals surface area contributed by atoms with Gasteiger partial charge in [-0.2, -0.15) is 0 Å². The number of benzene rings is 2. The number of rotatable bonds is 6. The van der Waals surface area contributed by atoms with Gasteiger partial charge in [-0.25, -0.2) is 8.42 Å². The lowest BCUT2D eigenvalue weighted by Crippen LogP contribution is -2.34. The predicted molar refractivity (Wildman–Crippen MR) is 89.3 cm³/mol. The molecule has 0 spiro atoms. The van der Waals surface area contributed by atoms with Crippen molar-refractivity contribution in [3.63, 3.8) is 0 Å². The highest BCUT2D eigenvalue weighted by Crippen LogP contribution is 2.32. The number of phenols is 1. The monoisotopic (exact) mass is 334 g/mol. The summed E-state index contributed by atoms with van der Waals surface area (Å²) in [5, 5.41) is 10.0. The van der Waals surface area contributed by atoms with Crippen LogP contribution in [-0.2, 0) is 10.0 Å². The summed E-state index contributed by atoms with van der Waals surface area (Å²) < 4.78 is 32.2. The van der Waals surface area contributed by atoms with E-state index in [2.05, 4.69) is 6.07 Å². The normalized spacial score (nSPS) is 11.5. The van der Waals surface area contributed by atoms with Gasteiger partial charge in [-0.1, -0.05) is 19.9 Å². The van der Waals surface area contributed by atoms with Crippen molar-refractivity contribution in [3.05, 3.63) is 48.5 Å². The molecule has 0 bridgehead atoms. The molecule has 0 saturated heterocycles. The Labute approximate surface area is 137 Å². The zero-order valence-corrected chi connectivity index (χ0v) is 14.2. The molecular weight excluding hydrogens is 314 g/mol. The number of sulfonamides is 1. The van der Waals surface area contributed by atoms with Crippen molar-refractivity contribution in [1.29, 1.82) is 0 Å². The lowest BCUT2D eigenvalue weighted by Gasteiger charge is -2.26. The number of hydrogen-bond donors (Lipinski definition) is 1. The first-order chi connectivity index (χ1) is 10.9. The van der Waals surface area contributed by atoms with Gasteiger partial charge in [0, 0.05) is 6.54 Å². The van der Waals surface area contributed by atoms with Crippen LogP contribution in [0.4, 0.5) is 5.69 Å². The van der Waals surface area contributed by atoms with Gasteiger partial charge in [0.1, 0.15) is 11.5 Å². The fraction of sp³-hybridized carbons (Fsp3) is 0.294. The number of methoxy groups -OCH3 is 1. The standard InChI is InChI=1S/C17H20NO4S/c1-13(2)12-18(16-6-4-5-7-17(16)19)23(20,21)15-10-8-14(22-3)9-11-15/h5-11,13,19H,12H2,1-3H3. The second kappa shape index (κ2) is 6.91. The van der Waals surface area contributed by atoms with Crippen LogP contribution in [0.25, 0.3) is 0 Å². The minimum atomic E-state index is -3.80. The zero-order chi connectivity index (χ0) is 17.0. The first-order valence-corrected chi connectivity index (χ1v) is 8.66. The first-order valence-electron chi connectivity index (χ1n) is 7.22. The van der Waals surface area contributed by atoms with Gasteiger partial charge in [0.2, 0.25) is 0 Å². The van der Waals surface area contributed by atoms with Gasteiger partial charge in [-0.05, 0) is 48.4 Å². The Morgan fingerprint density at radius 3 is 2.39 bits per heavy atom. The summed E-state index contributed by atoms with van der Waals surface area (Å²) >= 11 is 0. The highest BCUT2D eigenvalue weighted by Gasteiger charge is 2.27. The van der Waals surface area contributed by atoms with Gasteiger partial charge < -0.3 is 9.84 Å². The number of aromatic hydroxyl groups is 1. The summed E-state index contributed by atoms with van der Waals surface area (Å²) in [4.78, 5) is 0.141. The van der Waals surface area contributed by atoms with Crippen molar-refractivity contribution in [2.75, 3.05) is 18.0 Å². The van der Waals surface area contributed by atoms with E-state index in [4.69, 9.17) is 4.74 Å². The van der Waals surface area contributed by atoms with Crippen LogP contribution < -0.4 is 9.04 Å². The van der Waals surface area contributed by atoms with Crippen LogP contribution in [0.1, 0.15) is 13.8 Å². The molecule has 2 aromatic rings. The number of hydrogen-bond acceptors (Lipinski definition) is 4. The van der Waals surface area contributed by atoms with Crippen LogP contribution in [0.3, 0.4) is 0 Å². The van der Waals surface area contributed by atoms with Gasteiger partial charge in [-0.3, -0.25) is 4.31 Å². The third kappa shape index (κ3) is 3.76. The summed E-state index contributed by atoms with van der Waals surface area (Å²) in [6, 6.07) is 13.4. The fourth-order valence-corrected chi connectivity index (χ4v) is 3.78. The second-order valence-electron chi connectivity index (χ2n) is 5.52. The highest BCUT2D eigenvalue weighted by atomic mass is 32.2. The molecule has 0 atom stereocenters. The predicted octanol–water partition coefficient (Wildman–Crippen LogP) is 3.05. The van der Waals surface area contributed by atoms with E-state index < -0.39 is 10.0 Å². The summed E-state index contributed by atoms with van der Waals surface area (Å²) in [6.45, 7) is 4.08. The van der Waals surface area contributed by atoms with E-state index in [1.165, 1.54) is 41.7 Å². The molecular formula is C17H20NO4S. The summed E-state index contributed by atoms with van der Waals surface area (Å²) in [7, 11) is -2.28. The maximum absolute atomic E-state index is 13.0. The Kier molecular flexibility index (Phi) is 5.15. The first kappa shape index (κ1) is 17.1. The molecule has 1 radical (unpaired) electrons. The third-order valence-electron chi connectivity index (χ3n) is 3.27. The molecule has 0 amide bonds. The fourth-order valence-electron chi connectivity index (χ4n) is 2.15. The molecule has 2 rings (SSSR count). The highest BCUT2D eigenvalue weighted by molar-refractivity contribution is 7.92. The van der Waals surface area contributed by atoms with Gasteiger partial charge in [0.15, 0.2) is 0 Å². The SMILES string of the molecule is COc1ccc(S(=O)(=O)N(CC(C)C)c2c[c]ccc2O)cc1. The topological polar surface area (TPSA) is 66.8 Å².